The van der Waals surface area contributed by atoms with Crippen molar-refractivity contribution in [3.63, 3.8) is 0 Å². The number of hydrogen-bond acceptors (Lipinski definition) is 3. The van der Waals surface area contributed by atoms with E-state index in [-0.39, 0.29) is 17.9 Å². The Kier molecular flexibility index (Phi) is 9.27. The number of benzene rings is 3. The molecule has 0 aliphatic rings. The molecule has 0 aliphatic carbocycles. The summed E-state index contributed by atoms with van der Waals surface area (Å²) >= 11 is 0. The van der Waals surface area contributed by atoms with Crippen LogP contribution in [0.5, 0.6) is 5.75 Å². The van der Waals surface area contributed by atoms with Crippen molar-refractivity contribution in [3.05, 3.63) is 95.6 Å². The maximum absolute atomic E-state index is 13.3. The fourth-order valence-electron chi connectivity index (χ4n) is 3.90. The fourth-order valence-corrected chi connectivity index (χ4v) is 3.90. The van der Waals surface area contributed by atoms with Crippen molar-refractivity contribution in [2.45, 2.75) is 52.6 Å². The fraction of sp³-hybridized carbons (Fsp3) is 0.310. The van der Waals surface area contributed by atoms with Crippen molar-refractivity contribution < 1.29 is 14.3 Å². The first kappa shape index (κ1) is 25.0. The lowest BCUT2D eigenvalue weighted by Crippen LogP contribution is -2.33. The van der Waals surface area contributed by atoms with E-state index in [0.29, 0.717) is 19.6 Å². The summed E-state index contributed by atoms with van der Waals surface area (Å²) in [4.78, 5) is 26.7. The molecule has 0 fully saturated rings. The van der Waals surface area contributed by atoms with Gasteiger partial charge in [-0.3, -0.25) is 9.59 Å². The second kappa shape index (κ2) is 12.6. The molecule has 178 valence electrons. The van der Waals surface area contributed by atoms with Gasteiger partial charge in [-0.1, -0.05) is 54.6 Å². The largest absolute Gasteiger partial charge is 0.494 e. The van der Waals surface area contributed by atoms with Crippen LogP contribution in [0.25, 0.3) is 0 Å². The van der Waals surface area contributed by atoms with Gasteiger partial charge in [0.2, 0.25) is 11.8 Å². The van der Waals surface area contributed by atoms with Gasteiger partial charge in [0.25, 0.3) is 0 Å². The first-order valence-electron chi connectivity index (χ1n) is 11.8. The number of nitrogens with zero attached hydrogens (tertiary/aromatic N) is 1. The first-order valence-corrected chi connectivity index (χ1v) is 11.8. The Hall–Kier alpha value is -3.60. The molecule has 1 atom stereocenters. The van der Waals surface area contributed by atoms with E-state index < -0.39 is 0 Å². The number of carbonyl (C=O) groups is 2. The highest BCUT2D eigenvalue weighted by atomic mass is 16.5. The summed E-state index contributed by atoms with van der Waals surface area (Å²) in [5, 5.41) is 2.83. The van der Waals surface area contributed by atoms with E-state index >= 15 is 0 Å². The Morgan fingerprint density at radius 2 is 1.71 bits per heavy atom. The van der Waals surface area contributed by atoms with Crippen LogP contribution >= 0.6 is 0 Å². The number of nitrogens with one attached hydrogen (secondary N) is 1. The Morgan fingerprint density at radius 3 is 2.44 bits per heavy atom. The van der Waals surface area contributed by atoms with Crippen molar-refractivity contribution in [1.29, 1.82) is 0 Å². The molecule has 2 amide bonds. The monoisotopic (exact) mass is 458 g/mol. The average Bonchev–Trinajstić information content (AvgIpc) is 2.82. The number of carbonyl (C=O) groups excluding carboxylic acids is 2. The maximum Gasteiger partial charge on any atom is 0.223 e. The molecule has 0 saturated carbocycles. The number of rotatable bonds is 11. The molecule has 0 aliphatic heterocycles. The van der Waals surface area contributed by atoms with Gasteiger partial charge in [0.05, 0.1) is 12.6 Å². The summed E-state index contributed by atoms with van der Waals surface area (Å²) in [5.74, 6) is 0.858. The predicted octanol–water partition coefficient (Wildman–Crippen LogP) is 6.29. The normalized spacial score (nSPS) is 11.5. The van der Waals surface area contributed by atoms with Crippen LogP contribution in [-0.2, 0) is 16.1 Å². The van der Waals surface area contributed by atoms with Gasteiger partial charge in [0, 0.05) is 25.6 Å². The third-order valence-corrected chi connectivity index (χ3v) is 5.72. The summed E-state index contributed by atoms with van der Waals surface area (Å²) in [5.41, 5.74) is 3.97. The summed E-state index contributed by atoms with van der Waals surface area (Å²) in [6.07, 6.45) is 2.03. The number of ether oxygens (including phenoxy) is 1. The number of hydrogen-bond donors (Lipinski definition) is 1. The van der Waals surface area contributed by atoms with Gasteiger partial charge in [-0.25, -0.2) is 0 Å². The summed E-state index contributed by atoms with van der Waals surface area (Å²) in [6.45, 7) is 6.69. The zero-order valence-corrected chi connectivity index (χ0v) is 20.3. The van der Waals surface area contributed by atoms with Gasteiger partial charge in [0.15, 0.2) is 0 Å². The number of aryl methyl sites for hydroxylation is 1. The summed E-state index contributed by atoms with van der Waals surface area (Å²) in [7, 11) is 0. The maximum atomic E-state index is 13.3. The lowest BCUT2D eigenvalue weighted by atomic mass is 10.0. The Bertz CT molecular complexity index is 1080. The van der Waals surface area contributed by atoms with E-state index in [9.17, 15) is 9.59 Å². The van der Waals surface area contributed by atoms with Crippen LogP contribution in [0.4, 0.5) is 5.69 Å². The van der Waals surface area contributed by atoms with Crippen LogP contribution in [0.3, 0.4) is 0 Å². The van der Waals surface area contributed by atoms with E-state index in [1.54, 1.807) is 0 Å². The van der Waals surface area contributed by atoms with Gasteiger partial charge in [-0.2, -0.15) is 0 Å². The third kappa shape index (κ3) is 7.77. The molecule has 5 heteroatoms. The van der Waals surface area contributed by atoms with Crippen molar-refractivity contribution >= 4 is 17.5 Å². The minimum absolute atomic E-state index is 0.108. The molecular weight excluding hydrogens is 424 g/mol. The van der Waals surface area contributed by atoms with Gasteiger partial charge in [0.1, 0.15) is 5.75 Å². The predicted molar refractivity (Wildman–Crippen MR) is 137 cm³/mol. The van der Waals surface area contributed by atoms with Crippen molar-refractivity contribution in [2.75, 3.05) is 11.9 Å². The van der Waals surface area contributed by atoms with Gasteiger partial charge >= 0.3 is 0 Å². The molecule has 3 rings (SSSR count). The van der Waals surface area contributed by atoms with Crippen LogP contribution in [0.1, 0.15) is 55.8 Å². The zero-order valence-electron chi connectivity index (χ0n) is 20.3. The van der Waals surface area contributed by atoms with Crippen molar-refractivity contribution in [2.24, 2.45) is 0 Å². The Labute approximate surface area is 202 Å². The van der Waals surface area contributed by atoms with Crippen LogP contribution in [0.15, 0.2) is 78.9 Å². The number of anilines is 1. The van der Waals surface area contributed by atoms with Crippen molar-refractivity contribution in [3.8, 4) is 5.75 Å². The standard InChI is InChI=1S/C29H34N2O3/c1-22-11-9-16-28(19-22)34-18-8-7-17-29(33)31(21-25-12-5-4-6-13-25)23(2)26-14-10-15-27(20-26)30-24(3)32/h4-6,9-16,19-20,23H,7-8,17-18,21H2,1-3H3,(H,30,32). The number of unbranched alkanes of at least 4 members (excludes halogenated alkanes) is 1. The van der Waals surface area contributed by atoms with E-state index in [2.05, 4.69) is 5.32 Å². The van der Waals surface area contributed by atoms with Gasteiger partial charge in [-0.15, -0.1) is 0 Å². The Balaban J connectivity index is 1.63. The molecule has 0 radical (unpaired) electrons. The smallest absolute Gasteiger partial charge is 0.223 e. The topological polar surface area (TPSA) is 58.6 Å². The van der Waals surface area contributed by atoms with E-state index in [1.807, 2.05) is 97.6 Å². The second-order valence-electron chi connectivity index (χ2n) is 8.61. The van der Waals surface area contributed by atoms with Gasteiger partial charge < -0.3 is 15.0 Å². The minimum Gasteiger partial charge on any atom is -0.494 e. The molecule has 0 saturated heterocycles. The minimum atomic E-state index is -0.134. The highest BCUT2D eigenvalue weighted by Gasteiger charge is 2.22. The van der Waals surface area contributed by atoms with Crippen molar-refractivity contribution in [1.82, 2.24) is 4.90 Å². The summed E-state index contributed by atoms with van der Waals surface area (Å²) in [6, 6.07) is 25.6. The molecule has 0 aromatic heterocycles. The first-order chi connectivity index (χ1) is 16.4. The molecule has 34 heavy (non-hydrogen) atoms. The molecule has 0 bridgehead atoms. The molecule has 0 spiro atoms. The Morgan fingerprint density at radius 1 is 0.941 bits per heavy atom. The van der Waals surface area contributed by atoms with Gasteiger partial charge in [-0.05, 0) is 67.6 Å². The molecule has 3 aromatic carbocycles. The molecule has 1 unspecified atom stereocenters. The van der Waals surface area contributed by atoms with Crippen LogP contribution in [0.2, 0.25) is 0 Å². The van der Waals surface area contributed by atoms with E-state index in [4.69, 9.17) is 4.74 Å². The third-order valence-electron chi connectivity index (χ3n) is 5.72. The molecule has 1 N–H and O–H groups in total. The molecule has 0 heterocycles. The summed E-state index contributed by atoms with van der Waals surface area (Å²) < 4.78 is 5.83. The molecular formula is C29H34N2O3. The molecule has 3 aromatic rings. The highest BCUT2D eigenvalue weighted by Crippen LogP contribution is 2.26. The van der Waals surface area contributed by atoms with Crippen LogP contribution in [-0.4, -0.2) is 23.3 Å². The lowest BCUT2D eigenvalue weighted by molar-refractivity contribution is -0.134. The molecule has 5 nitrogen and oxygen atoms in total. The van der Waals surface area contributed by atoms with Crippen LogP contribution in [0, 0.1) is 6.92 Å². The van der Waals surface area contributed by atoms with E-state index in [1.165, 1.54) is 12.5 Å². The zero-order chi connectivity index (χ0) is 24.3. The highest BCUT2D eigenvalue weighted by molar-refractivity contribution is 5.88. The lowest BCUT2D eigenvalue weighted by Gasteiger charge is -2.30. The average molecular weight is 459 g/mol. The van der Waals surface area contributed by atoms with Crippen LogP contribution < -0.4 is 10.1 Å². The van der Waals surface area contributed by atoms with E-state index in [0.717, 1.165) is 35.4 Å². The number of amides is 2. The SMILES string of the molecule is CC(=O)Nc1cccc(C(C)N(Cc2ccccc2)C(=O)CCCCOc2cccc(C)c2)c1. The second-order valence-corrected chi connectivity index (χ2v) is 8.61. The quantitative estimate of drug-likeness (QED) is 0.343.